The van der Waals surface area contributed by atoms with Crippen LogP contribution in [0.3, 0.4) is 0 Å². The molecule has 7 heteroatoms. The molecule has 150 valence electrons. The molecule has 0 fully saturated rings. The molecule has 0 spiro atoms. The Morgan fingerprint density at radius 2 is 1.79 bits per heavy atom. The van der Waals surface area contributed by atoms with Gasteiger partial charge in [-0.2, -0.15) is 5.10 Å². The molecule has 2 N–H and O–H groups in total. The van der Waals surface area contributed by atoms with Crippen molar-refractivity contribution in [3.63, 3.8) is 0 Å². The second-order valence-corrected chi connectivity index (χ2v) is 6.34. The van der Waals surface area contributed by atoms with Crippen LogP contribution in [0.25, 0.3) is 0 Å². The highest BCUT2D eigenvalue weighted by Gasteiger charge is 2.02. The number of aliphatic imine (C=N–C) groups is 1. The molecule has 2 heterocycles. The Balaban J connectivity index is 0.00000280. The molecule has 0 aliphatic carbocycles. The predicted molar refractivity (Wildman–Crippen MR) is 123 cm³/mol. The zero-order chi connectivity index (χ0) is 18.7. The molecule has 0 saturated heterocycles. The lowest BCUT2D eigenvalue weighted by atomic mass is 10.1. The maximum atomic E-state index is 5.38. The van der Waals surface area contributed by atoms with Crippen LogP contribution < -0.4 is 10.6 Å². The molecule has 0 amide bonds. The van der Waals surface area contributed by atoms with Crippen LogP contribution in [-0.2, 0) is 26.3 Å². The summed E-state index contributed by atoms with van der Waals surface area (Å²) in [6.45, 7) is 2.32. The Labute approximate surface area is 183 Å². The molecule has 0 saturated carbocycles. The molecule has 0 atom stereocenters. The third kappa shape index (κ3) is 7.38. The van der Waals surface area contributed by atoms with Crippen molar-refractivity contribution in [3.8, 4) is 0 Å². The smallest absolute Gasteiger partial charge is 0.191 e. The van der Waals surface area contributed by atoms with Gasteiger partial charge >= 0.3 is 0 Å². The average Bonchev–Trinajstić information content (AvgIpc) is 3.34. The van der Waals surface area contributed by atoms with E-state index in [0.717, 1.165) is 44.1 Å². The van der Waals surface area contributed by atoms with E-state index in [1.807, 2.05) is 42.2 Å². The number of nitrogens with zero attached hydrogens (tertiary/aromatic N) is 3. The molecular weight excluding hydrogens is 465 g/mol. The summed E-state index contributed by atoms with van der Waals surface area (Å²) in [7, 11) is 1.96. The van der Waals surface area contributed by atoms with E-state index >= 15 is 0 Å². The van der Waals surface area contributed by atoms with Gasteiger partial charge in [-0.25, -0.2) is 0 Å². The number of hydrogen-bond donors (Lipinski definition) is 2. The fourth-order valence-corrected chi connectivity index (χ4v) is 2.83. The molecule has 0 bridgehead atoms. The van der Waals surface area contributed by atoms with Crippen molar-refractivity contribution in [1.82, 2.24) is 20.4 Å². The van der Waals surface area contributed by atoms with E-state index in [0.29, 0.717) is 6.54 Å². The molecule has 3 rings (SSSR count). The van der Waals surface area contributed by atoms with Crippen molar-refractivity contribution in [2.45, 2.75) is 19.3 Å². The second-order valence-electron chi connectivity index (χ2n) is 6.34. The number of furan rings is 1. The maximum absolute atomic E-state index is 5.38. The topological polar surface area (TPSA) is 67.4 Å². The lowest BCUT2D eigenvalue weighted by Gasteiger charge is -2.13. The Bertz CT molecular complexity index is 814. The normalized spacial score (nSPS) is 11.1. The highest BCUT2D eigenvalue weighted by atomic mass is 127. The van der Waals surface area contributed by atoms with Crippen LogP contribution in [0.1, 0.15) is 17.0 Å². The molecule has 2 aromatic heterocycles. The summed E-state index contributed by atoms with van der Waals surface area (Å²) in [6, 6.07) is 16.4. The van der Waals surface area contributed by atoms with Crippen molar-refractivity contribution < 1.29 is 4.42 Å². The predicted octanol–water partition coefficient (Wildman–Crippen LogP) is 3.19. The van der Waals surface area contributed by atoms with Crippen LogP contribution in [0.4, 0.5) is 0 Å². The molecule has 0 radical (unpaired) electrons. The standard InChI is InChI=1S/C21H27N5O.HI/c1-26-19(11-16-25-26)10-14-23-21(24-15-12-20-8-5-17-27-20)22-13-9-18-6-3-2-4-7-18;/h2-8,11,16-17H,9-10,12-15H2,1H3,(H2,22,23,24);1H. The van der Waals surface area contributed by atoms with Crippen LogP contribution in [0.15, 0.2) is 70.4 Å². The van der Waals surface area contributed by atoms with Crippen LogP contribution in [0.5, 0.6) is 0 Å². The van der Waals surface area contributed by atoms with E-state index in [1.165, 1.54) is 11.3 Å². The lowest BCUT2D eigenvalue weighted by molar-refractivity contribution is 0.510. The van der Waals surface area contributed by atoms with Gasteiger partial charge in [-0.15, -0.1) is 24.0 Å². The van der Waals surface area contributed by atoms with Gasteiger partial charge in [-0.05, 0) is 30.2 Å². The summed E-state index contributed by atoms with van der Waals surface area (Å²) < 4.78 is 7.28. The monoisotopic (exact) mass is 493 g/mol. The summed E-state index contributed by atoms with van der Waals surface area (Å²) in [5.74, 6) is 1.79. The van der Waals surface area contributed by atoms with Crippen LogP contribution in [0, 0.1) is 0 Å². The van der Waals surface area contributed by atoms with Crippen LogP contribution >= 0.6 is 24.0 Å². The average molecular weight is 493 g/mol. The van der Waals surface area contributed by atoms with Crippen molar-refractivity contribution in [2.24, 2.45) is 12.0 Å². The van der Waals surface area contributed by atoms with Gasteiger partial charge in [-0.1, -0.05) is 30.3 Å². The first-order valence-corrected chi connectivity index (χ1v) is 9.36. The number of nitrogens with one attached hydrogen (secondary N) is 2. The van der Waals surface area contributed by atoms with E-state index in [-0.39, 0.29) is 24.0 Å². The van der Waals surface area contributed by atoms with Crippen LogP contribution in [-0.4, -0.2) is 35.4 Å². The Morgan fingerprint density at radius 3 is 2.46 bits per heavy atom. The third-order valence-electron chi connectivity index (χ3n) is 4.35. The Hall–Kier alpha value is -2.29. The lowest BCUT2D eigenvalue weighted by Crippen LogP contribution is -2.39. The minimum Gasteiger partial charge on any atom is -0.469 e. The molecule has 0 unspecified atom stereocenters. The van der Waals surface area contributed by atoms with Crippen molar-refractivity contribution >= 4 is 29.9 Å². The van der Waals surface area contributed by atoms with E-state index in [1.54, 1.807) is 6.26 Å². The molecule has 3 aromatic rings. The molecule has 1 aromatic carbocycles. The fraction of sp³-hybridized carbons (Fsp3) is 0.333. The van der Waals surface area contributed by atoms with E-state index in [9.17, 15) is 0 Å². The first kappa shape index (κ1) is 22.0. The van der Waals surface area contributed by atoms with E-state index < -0.39 is 0 Å². The quantitative estimate of drug-likeness (QED) is 0.273. The number of benzene rings is 1. The Kier molecular flexibility index (Phi) is 9.61. The largest absolute Gasteiger partial charge is 0.469 e. The molecule has 0 aliphatic rings. The van der Waals surface area contributed by atoms with Crippen molar-refractivity contribution in [3.05, 3.63) is 78.0 Å². The fourth-order valence-electron chi connectivity index (χ4n) is 2.83. The van der Waals surface area contributed by atoms with Crippen molar-refractivity contribution in [2.75, 3.05) is 19.6 Å². The number of rotatable bonds is 9. The second kappa shape index (κ2) is 12.2. The summed E-state index contributed by atoms with van der Waals surface area (Å²) in [4.78, 5) is 4.68. The van der Waals surface area contributed by atoms with E-state index in [2.05, 4.69) is 45.0 Å². The SMILES string of the molecule is Cn1nccc1CCNC(=NCCc1ccco1)NCCc1ccccc1.I. The van der Waals surface area contributed by atoms with Crippen LogP contribution in [0.2, 0.25) is 0 Å². The van der Waals surface area contributed by atoms with Gasteiger partial charge in [0.25, 0.3) is 0 Å². The molecule has 6 nitrogen and oxygen atoms in total. The number of halogens is 1. The summed E-state index contributed by atoms with van der Waals surface area (Å²) in [6.07, 6.45) is 6.17. The minimum absolute atomic E-state index is 0. The van der Waals surface area contributed by atoms with Gasteiger partial charge in [0, 0.05) is 51.4 Å². The van der Waals surface area contributed by atoms with Gasteiger partial charge in [0.2, 0.25) is 0 Å². The number of aryl methyl sites for hydroxylation is 1. The highest BCUT2D eigenvalue weighted by Crippen LogP contribution is 2.01. The van der Waals surface area contributed by atoms with E-state index in [4.69, 9.17) is 4.42 Å². The highest BCUT2D eigenvalue weighted by molar-refractivity contribution is 14.0. The first-order valence-electron chi connectivity index (χ1n) is 9.36. The summed E-state index contributed by atoms with van der Waals surface area (Å²) >= 11 is 0. The van der Waals surface area contributed by atoms with Crippen molar-refractivity contribution in [1.29, 1.82) is 0 Å². The van der Waals surface area contributed by atoms with Gasteiger partial charge in [0.05, 0.1) is 6.26 Å². The Morgan fingerprint density at radius 1 is 1.00 bits per heavy atom. The number of hydrogen-bond acceptors (Lipinski definition) is 3. The summed E-state index contributed by atoms with van der Waals surface area (Å²) in [5, 5.41) is 11.1. The number of guanidine groups is 1. The zero-order valence-corrected chi connectivity index (χ0v) is 18.5. The van der Waals surface area contributed by atoms with Gasteiger partial charge in [0.15, 0.2) is 5.96 Å². The van der Waals surface area contributed by atoms with Gasteiger partial charge < -0.3 is 15.1 Å². The maximum Gasteiger partial charge on any atom is 0.191 e. The molecule has 28 heavy (non-hydrogen) atoms. The van der Waals surface area contributed by atoms with Gasteiger partial charge in [-0.3, -0.25) is 9.67 Å². The van der Waals surface area contributed by atoms with Gasteiger partial charge in [0.1, 0.15) is 5.76 Å². The zero-order valence-electron chi connectivity index (χ0n) is 16.2. The summed E-state index contributed by atoms with van der Waals surface area (Å²) in [5.41, 5.74) is 2.51. The third-order valence-corrected chi connectivity index (χ3v) is 4.35. The molecular formula is C21H28IN5O. The molecule has 0 aliphatic heterocycles. The minimum atomic E-state index is 0. The first-order chi connectivity index (χ1) is 13.3. The number of aromatic nitrogens is 2.